The molecule has 0 heterocycles. The Morgan fingerprint density at radius 3 is 0.774 bits per heavy atom. The van der Waals surface area contributed by atoms with Crippen LogP contribution in [-0.2, 0) is 30.4 Å². The molecule has 3 rings (SSSR count). The molecular weight excluding hydrogens is 468 g/mol. The van der Waals surface area contributed by atoms with Gasteiger partial charge in [-0.3, -0.25) is 13.7 Å². The van der Waals surface area contributed by atoms with E-state index in [1.54, 1.807) is 0 Å². The second kappa shape index (κ2) is 8.15. The second-order valence-corrected chi connectivity index (χ2v) is 10.8. The van der Waals surface area contributed by atoms with Gasteiger partial charge in [0.15, 0.2) is 0 Å². The number of rotatable bonds is 6. The van der Waals surface area contributed by atoms with Gasteiger partial charge in [-0.15, -0.1) is 0 Å². The minimum atomic E-state index is -4.41. The van der Waals surface area contributed by atoms with Crippen molar-refractivity contribution in [3.05, 3.63) is 89.5 Å². The van der Waals surface area contributed by atoms with E-state index in [-0.39, 0.29) is 14.7 Å². The van der Waals surface area contributed by atoms with Gasteiger partial charge in [-0.25, -0.2) is 0 Å². The van der Waals surface area contributed by atoms with Gasteiger partial charge in [-0.2, -0.15) is 25.3 Å². The molecule has 3 aromatic carbocycles. The van der Waals surface area contributed by atoms with Crippen LogP contribution in [0.3, 0.4) is 0 Å². The predicted octanol–water partition coefficient (Wildman–Crippen LogP) is 2.61. The summed E-state index contributed by atoms with van der Waals surface area (Å²) in [5.74, 6) is -0.596. The molecule has 12 heteroatoms. The maximum atomic E-state index is 11.3. The third-order valence-electron chi connectivity index (χ3n) is 4.53. The van der Waals surface area contributed by atoms with E-state index in [9.17, 15) is 38.9 Å². The Balaban J connectivity index is 2.14. The van der Waals surface area contributed by atoms with E-state index < -0.39 is 36.3 Å². The third-order valence-corrected chi connectivity index (χ3v) is 7.14. The largest absolute Gasteiger partial charge is 0.294 e. The normalized spacial score (nSPS) is 12.8. The molecule has 164 valence electrons. The lowest BCUT2D eigenvalue weighted by atomic mass is 9.85. The summed E-state index contributed by atoms with van der Waals surface area (Å²) in [7, 11) is -13.2. The van der Waals surface area contributed by atoms with Gasteiger partial charge in [0, 0.05) is 5.92 Å². The second-order valence-electron chi connectivity index (χ2n) is 6.57. The van der Waals surface area contributed by atoms with Gasteiger partial charge < -0.3 is 0 Å². The van der Waals surface area contributed by atoms with Crippen molar-refractivity contribution in [3.63, 3.8) is 0 Å². The number of benzene rings is 3. The molecule has 0 aliphatic heterocycles. The molecule has 0 radical (unpaired) electrons. The molecule has 0 aromatic heterocycles. The highest BCUT2D eigenvalue weighted by Crippen LogP contribution is 2.33. The summed E-state index contributed by atoms with van der Waals surface area (Å²) in [5, 5.41) is 0. The van der Waals surface area contributed by atoms with Gasteiger partial charge in [0.25, 0.3) is 30.4 Å². The molecule has 0 bridgehead atoms. The van der Waals surface area contributed by atoms with Crippen LogP contribution in [0.15, 0.2) is 87.5 Å². The summed E-state index contributed by atoms with van der Waals surface area (Å²) < 4.78 is 95.4. The molecule has 9 nitrogen and oxygen atoms in total. The van der Waals surface area contributed by atoms with E-state index >= 15 is 0 Å². The molecule has 3 aromatic rings. The van der Waals surface area contributed by atoms with Crippen LogP contribution in [0.5, 0.6) is 0 Å². The highest BCUT2D eigenvalue weighted by Gasteiger charge is 2.20. The van der Waals surface area contributed by atoms with Crippen molar-refractivity contribution < 1.29 is 38.9 Å². The zero-order chi connectivity index (χ0) is 23.0. The molecule has 0 amide bonds. The van der Waals surface area contributed by atoms with E-state index in [2.05, 4.69) is 0 Å². The van der Waals surface area contributed by atoms with Gasteiger partial charge in [0.05, 0.1) is 14.7 Å². The Morgan fingerprint density at radius 1 is 0.419 bits per heavy atom. The Morgan fingerprint density at radius 2 is 0.613 bits per heavy atom. The molecule has 0 atom stereocenters. The van der Waals surface area contributed by atoms with E-state index in [1.807, 2.05) is 0 Å². The maximum absolute atomic E-state index is 11.3. The quantitative estimate of drug-likeness (QED) is 0.352. The Hall–Kier alpha value is -2.61. The monoisotopic (exact) mass is 484 g/mol. The van der Waals surface area contributed by atoms with Crippen molar-refractivity contribution in [1.29, 1.82) is 0 Å². The standard InChI is InChI=1S/C19H16O9S3/c20-29(21,22)16-7-1-13(2-8-16)19(14-3-9-17(10-4-14)30(23,24)25)15-5-11-18(12-6-15)31(26,27)28/h1-12,19H,(H,20,21,22)(H,23,24,25)(H,26,27,28). The Bertz CT molecular complexity index is 1230. The highest BCUT2D eigenvalue weighted by atomic mass is 32.2. The SMILES string of the molecule is O=S(=O)(O)c1ccc(C(c2ccc(S(=O)(=O)O)cc2)c2ccc(S(=O)(=O)O)cc2)cc1. The lowest BCUT2D eigenvalue weighted by molar-refractivity contribution is 0.481. The molecule has 0 aliphatic rings. The Kier molecular flexibility index (Phi) is 6.06. The third kappa shape index (κ3) is 5.36. The Labute approximate surface area is 179 Å². The van der Waals surface area contributed by atoms with Crippen LogP contribution < -0.4 is 0 Å². The fourth-order valence-electron chi connectivity index (χ4n) is 3.07. The van der Waals surface area contributed by atoms with Crippen molar-refractivity contribution in [2.45, 2.75) is 20.6 Å². The summed E-state index contributed by atoms with van der Waals surface area (Å²) in [6.07, 6.45) is 0. The molecule has 0 saturated carbocycles. The van der Waals surface area contributed by atoms with Crippen LogP contribution in [0.1, 0.15) is 22.6 Å². The minimum absolute atomic E-state index is 0.321. The van der Waals surface area contributed by atoms with Crippen molar-refractivity contribution in [1.82, 2.24) is 0 Å². The highest BCUT2D eigenvalue weighted by molar-refractivity contribution is 7.86. The van der Waals surface area contributed by atoms with E-state index in [0.29, 0.717) is 16.7 Å². The van der Waals surface area contributed by atoms with Crippen LogP contribution in [0.4, 0.5) is 0 Å². The topological polar surface area (TPSA) is 163 Å². The van der Waals surface area contributed by atoms with Gasteiger partial charge in [-0.1, -0.05) is 36.4 Å². The molecule has 0 fully saturated rings. The summed E-state index contributed by atoms with van der Waals surface area (Å²) >= 11 is 0. The fourth-order valence-corrected chi connectivity index (χ4v) is 4.51. The van der Waals surface area contributed by atoms with Gasteiger partial charge >= 0.3 is 0 Å². The van der Waals surface area contributed by atoms with Crippen LogP contribution in [0.2, 0.25) is 0 Å². The molecule has 0 unspecified atom stereocenters. The van der Waals surface area contributed by atoms with E-state index in [4.69, 9.17) is 0 Å². The predicted molar refractivity (Wildman–Crippen MR) is 110 cm³/mol. The van der Waals surface area contributed by atoms with Gasteiger partial charge in [0.1, 0.15) is 0 Å². The molecular formula is C19H16O9S3. The summed E-state index contributed by atoms with van der Waals surface area (Å²) in [6, 6.07) is 15.8. The summed E-state index contributed by atoms with van der Waals surface area (Å²) in [5.41, 5.74) is 1.64. The molecule has 31 heavy (non-hydrogen) atoms. The van der Waals surface area contributed by atoms with Crippen molar-refractivity contribution in [2.24, 2.45) is 0 Å². The summed E-state index contributed by atoms with van der Waals surface area (Å²) in [4.78, 5) is -0.963. The first kappa shape index (κ1) is 23.1. The van der Waals surface area contributed by atoms with Gasteiger partial charge in [0.2, 0.25) is 0 Å². The van der Waals surface area contributed by atoms with Crippen molar-refractivity contribution in [3.8, 4) is 0 Å². The fraction of sp³-hybridized carbons (Fsp3) is 0.0526. The van der Waals surface area contributed by atoms with Crippen molar-refractivity contribution in [2.75, 3.05) is 0 Å². The van der Waals surface area contributed by atoms with Gasteiger partial charge in [-0.05, 0) is 53.1 Å². The first-order valence-electron chi connectivity index (χ1n) is 8.49. The lowest BCUT2D eigenvalue weighted by Gasteiger charge is -2.19. The lowest BCUT2D eigenvalue weighted by Crippen LogP contribution is -2.06. The first-order valence-corrected chi connectivity index (χ1v) is 12.8. The average molecular weight is 485 g/mol. The molecule has 0 saturated heterocycles. The maximum Gasteiger partial charge on any atom is 0.294 e. The van der Waals surface area contributed by atoms with Crippen LogP contribution in [-0.4, -0.2) is 38.9 Å². The zero-order valence-electron chi connectivity index (χ0n) is 15.5. The smallest absolute Gasteiger partial charge is 0.282 e. The number of hydrogen-bond donors (Lipinski definition) is 3. The van der Waals surface area contributed by atoms with Crippen LogP contribution in [0.25, 0.3) is 0 Å². The minimum Gasteiger partial charge on any atom is -0.282 e. The molecule has 0 spiro atoms. The van der Waals surface area contributed by atoms with Crippen LogP contribution in [0, 0.1) is 0 Å². The van der Waals surface area contributed by atoms with E-state index in [0.717, 1.165) is 0 Å². The van der Waals surface area contributed by atoms with E-state index in [1.165, 1.54) is 72.8 Å². The molecule has 0 aliphatic carbocycles. The van der Waals surface area contributed by atoms with Crippen LogP contribution >= 0.6 is 0 Å². The first-order chi connectivity index (χ1) is 14.3. The average Bonchev–Trinajstić information content (AvgIpc) is 2.67. The number of hydrogen-bond acceptors (Lipinski definition) is 6. The van der Waals surface area contributed by atoms with Crippen molar-refractivity contribution >= 4 is 30.4 Å². The summed E-state index contributed by atoms with van der Waals surface area (Å²) in [6.45, 7) is 0. The molecule has 3 N–H and O–H groups in total. The zero-order valence-corrected chi connectivity index (χ0v) is 18.0.